The normalized spacial score (nSPS) is 15.8. The van der Waals surface area contributed by atoms with Crippen LogP contribution in [0.4, 0.5) is 0 Å². The Labute approximate surface area is 187 Å². The number of nitrogens with zero attached hydrogens (tertiary/aromatic N) is 3. The molecule has 1 rings (SSSR count). The van der Waals surface area contributed by atoms with E-state index in [1.54, 1.807) is 0 Å². The van der Waals surface area contributed by atoms with Crippen molar-refractivity contribution >= 4 is 41.8 Å². The lowest BCUT2D eigenvalue weighted by Crippen LogP contribution is -2.54. The van der Waals surface area contributed by atoms with Crippen molar-refractivity contribution in [3.05, 3.63) is 0 Å². The fraction of sp³-hybridized carbons (Fsp3) is 0.842. The lowest BCUT2D eigenvalue weighted by atomic mass is 9.92. The zero-order valence-electron chi connectivity index (χ0n) is 18.3. The molecule has 0 aliphatic carbocycles. The standard InChI is InChI=1S/C19H38N6O2.HI/c1-7-20-17(27)19(5,6)14-22-18(21-8-2)25-11-9-24(10-12-25)13-16(26)23-15(3)4;/h15H,7-14H2,1-6H3,(H,20,27)(H,21,22)(H,23,26);1H. The summed E-state index contributed by atoms with van der Waals surface area (Å²) in [5.74, 6) is 0.925. The van der Waals surface area contributed by atoms with E-state index in [1.807, 2.05) is 41.5 Å². The second-order valence-electron chi connectivity index (χ2n) is 7.90. The van der Waals surface area contributed by atoms with Gasteiger partial charge in [-0.15, -0.1) is 24.0 Å². The molecule has 0 spiro atoms. The van der Waals surface area contributed by atoms with E-state index in [-0.39, 0.29) is 41.8 Å². The molecule has 1 aliphatic rings. The Balaban J connectivity index is 0.00000729. The Morgan fingerprint density at radius 2 is 1.61 bits per heavy atom. The van der Waals surface area contributed by atoms with Crippen molar-refractivity contribution in [2.45, 2.75) is 47.6 Å². The number of amides is 2. The van der Waals surface area contributed by atoms with E-state index < -0.39 is 5.41 Å². The highest BCUT2D eigenvalue weighted by molar-refractivity contribution is 14.0. The first kappa shape index (κ1) is 26.9. The molecule has 28 heavy (non-hydrogen) atoms. The molecule has 0 saturated carbocycles. The van der Waals surface area contributed by atoms with Crippen molar-refractivity contribution in [3.63, 3.8) is 0 Å². The Hall–Kier alpha value is -1.10. The zero-order chi connectivity index (χ0) is 20.4. The van der Waals surface area contributed by atoms with E-state index in [4.69, 9.17) is 4.99 Å². The maximum Gasteiger partial charge on any atom is 0.234 e. The Bertz CT molecular complexity index is 517. The summed E-state index contributed by atoms with van der Waals surface area (Å²) in [5, 5.41) is 9.13. The average Bonchev–Trinajstić information content (AvgIpc) is 2.59. The molecule has 1 aliphatic heterocycles. The summed E-state index contributed by atoms with van der Waals surface area (Å²) in [5.41, 5.74) is -0.548. The van der Waals surface area contributed by atoms with Gasteiger partial charge in [-0.25, -0.2) is 0 Å². The maximum atomic E-state index is 12.2. The molecule has 0 aromatic carbocycles. The van der Waals surface area contributed by atoms with Gasteiger partial charge in [0.25, 0.3) is 0 Å². The largest absolute Gasteiger partial charge is 0.357 e. The van der Waals surface area contributed by atoms with Gasteiger partial charge in [-0.3, -0.25) is 19.5 Å². The predicted molar refractivity (Wildman–Crippen MR) is 125 cm³/mol. The van der Waals surface area contributed by atoms with Gasteiger partial charge in [-0.05, 0) is 41.5 Å². The molecule has 0 aromatic rings. The number of carbonyl (C=O) groups is 2. The highest BCUT2D eigenvalue weighted by atomic mass is 127. The number of hydrogen-bond acceptors (Lipinski definition) is 4. The molecule has 2 amide bonds. The predicted octanol–water partition coefficient (Wildman–Crippen LogP) is 0.874. The first-order chi connectivity index (χ1) is 12.7. The van der Waals surface area contributed by atoms with Crippen molar-refractivity contribution in [2.75, 3.05) is 52.4 Å². The summed E-state index contributed by atoms with van der Waals surface area (Å²) in [6, 6.07) is 0.166. The lowest BCUT2D eigenvalue weighted by molar-refractivity contribution is -0.128. The molecule has 0 bridgehead atoms. The summed E-state index contributed by atoms with van der Waals surface area (Å²) in [6.07, 6.45) is 0. The number of halogens is 1. The minimum atomic E-state index is -0.548. The second-order valence-corrected chi connectivity index (χ2v) is 7.90. The summed E-state index contributed by atoms with van der Waals surface area (Å²) < 4.78 is 0. The van der Waals surface area contributed by atoms with Crippen LogP contribution in [0.3, 0.4) is 0 Å². The summed E-state index contributed by atoms with van der Waals surface area (Å²) in [7, 11) is 0. The van der Waals surface area contributed by atoms with Gasteiger partial charge in [0.15, 0.2) is 5.96 Å². The Morgan fingerprint density at radius 3 is 2.11 bits per heavy atom. The van der Waals surface area contributed by atoms with Crippen molar-refractivity contribution in [3.8, 4) is 0 Å². The second kappa shape index (κ2) is 13.2. The van der Waals surface area contributed by atoms with Crippen LogP contribution in [0.1, 0.15) is 41.5 Å². The highest BCUT2D eigenvalue weighted by Gasteiger charge is 2.28. The highest BCUT2D eigenvalue weighted by Crippen LogP contribution is 2.16. The van der Waals surface area contributed by atoms with Gasteiger partial charge in [-0.1, -0.05) is 0 Å². The lowest BCUT2D eigenvalue weighted by Gasteiger charge is -2.36. The van der Waals surface area contributed by atoms with E-state index in [2.05, 4.69) is 25.8 Å². The summed E-state index contributed by atoms with van der Waals surface area (Å²) in [4.78, 5) is 33.2. The van der Waals surface area contributed by atoms with Crippen LogP contribution in [0.5, 0.6) is 0 Å². The minimum Gasteiger partial charge on any atom is -0.357 e. The van der Waals surface area contributed by atoms with Gasteiger partial charge in [0.05, 0.1) is 18.5 Å². The van der Waals surface area contributed by atoms with Crippen LogP contribution in [0, 0.1) is 5.41 Å². The van der Waals surface area contributed by atoms with Crippen LogP contribution in [0.2, 0.25) is 0 Å². The van der Waals surface area contributed by atoms with Crippen LogP contribution in [-0.2, 0) is 9.59 Å². The van der Waals surface area contributed by atoms with Crippen molar-refractivity contribution in [2.24, 2.45) is 10.4 Å². The summed E-state index contributed by atoms with van der Waals surface area (Å²) >= 11 is 0. The molecule has 0 unspecified atom stereocenters. The number of piperazine rings is 1. The van der Waals surface area contributed by atoms with E-state index in [0.717, 1.165) is 38.7 Å². The van der Waals surface area contributed by atoms with Gasteiger partial charge in [-0.2, -0.15) is 0 Å². The molecule has 3 N–H and O–H groups in total. The Morgan fingerprint density at radius 1 is 1.04 bits per heavy atom. The first-order valence-electron chi connectivity index (χ1n) is 10.0. The molecule has 9 heteroatoms. The fourth-order valence-corrected chi connectivity index (χ4v) is 2.86. The molecular formula is C19H39IN6O2. The summed E-state index contributed by atoms with van der Waals surface area (Å²) in [6.45, 7) is 17.2. The van der Waals surface area contributed by atoms with Gasteiger partial charge in [0, 0.05) is 45.3 Å². The number of guanidine groups is 1. The van der Waals surface area contributed by atoms with Crippen LogP contribution in [-0.4, -0.2) is 86.0 Å². The van der Waals surface area contributed by atoms with E-state index >= 15 is 0 Å². The Kier molecular flexibility index (Phi) is 12.7. The van der Waals surface area contributed by atoms with Crippen LogP contribution < -0.4 is 16.0 Å². The third-order valence-corrected chi connectivity index (χ3v) is 4.40. The first-order valence-corrected chi connectivity index (χ1v) is 10.0. The number of aliphatic imine (C=N–C) groups is 1. The van der Waals surface area contributed by atoms with E-state index in [0.29, 0.717) is 19.6 Å². The number of rotatable bonds is 8. The quantitative estimate of drug-likeness (QED) is 0.256. The molecule has 1 heterocycles. The van der Waals surface area contributed by atoms with Crippen LogP contribution in [0.15, 0.2) is 4.99 Å². The van der Waals surface area contributed by atoms with Crippen molar-refractivity contribution in [1.82, 2.24) is 25.8 Å². The topological polar surface area (TPSA) is 89.1 Å². The van der Waals surface area contributed by atoms with E-state index in [1.165, 1.54) is 0 Å². The van der Waals surface area contributed by atoms with Gasteiger partial charge in [0.1, 0.15) is 0 Å². The fourth-order valence-electron chi connectivity index (χ4n) is 2.86. The van der Waals surface area contributed by atoms with Crippen molar-refractivity contribution in [1.29, 1.82) is 0 Å². The molecular weight excluding hydrogens is 471 g/mol. The van der Waals surface area contributed by atoms with Crippen LogP contribution >= 0.6 is 24.0 Å². The van der Waals surface area contributed by atoms with Gasteiger partial charge >= 0.3 is 0 Å². The van der Waals surface area contributed by atoms with Crippen molar-refractivity contribution < 1.29 is 9.59 Å². The SMILES string of the molecule is CCNC(=O)C(C)(C)CN=C(NCC)N1CCN(CC(=O)NC(C)C)CC1.I. The molecule has 0 radical (unpaired) electrons. The average molecular weight is 510 g/mol. The molecule has 164 valence electrons. The third-order valence-electron chi connectivity index (χ3n) is 4.40. The molecule has 0 atom stereocenters. The van der Waals surface area contributed by atoms with Crippen LogP contribution in [0.25, 0.3) is 0 Å². The van der Waals surface area contributed by atoms with E-state index in [9.17, 15) is 9.59 Å². The molecule has 8 nitrogen and oxygen atoms in total. The van der Waals surface area contributed by atoms with Gasteiger partial charge in [0.2, 0.25) is 11.8 Å². The monoisotopic (exact) mass is 510 g/mol. The number of carbonyl (C=O) groups excluding carboxylic acids is 2. The molecule has 1 saturated heterocycles. The smallest absolute Gasteiger partial charge is 0.234 e. The maximum absolute atomic E-state index is 12.2. The molecule has 0 aromatic heterocycles. The zero-order valence-corrected chi connectivity index (χ0v) is 20.6. The van der Waals surface area contributed by atoms with Gasteiger partial charge < -0.3 is 20.9 Å². The number of hydrogen-bond donors (Lipinski definition) is 3. The third kappa shape index (κ3) is 9.40. The molecule has 1 fully saturated rings. The minimum absolute atomic E-state index is 0. The number of nitrogens with one attached hydrogen (secondary N) is 3.